The fourth-order valence-electron chi connectivity index (χ4n) is 4.49. The lowest BCUT2D eigenvalue weighted by Gasteiger charge is -2.17. The summed E-state index contributed by atoms with van der Waals surface area (Å²) in [7, 11) is 3.38. The second-order valence-corrected chi connectivity index (χ2v) is 7.87. The Kier molecular flexibility index (Phi) is 5.18. The van der Waals surface area contributed by atoms with Gasteiger partial charge in [-0.15, -0.1) is 0 Å². The van der Waals surface area contributed by atoms with E-state index >= 15 is 0 Å². The van der Waals surface area contributed by atoms with E-state index in [1.165, 1.54) is 0 Å². The highest BCUT2D eigenvalue weighted by Gasteiger charge is 2.24. The molecule has 0 atom stereocenters. The van der Waals surface area contributed by atoms with E-state index in [4.69, 9.17) is 19.6 Å². The molecule has 0 unspecified atom stereocenters. The first kappa shape index (κ1) is 20.3. The molecular formula is C24H30N4O2. The van der Waals surface area contributed by atoms with Gasteiger partial charge in [0.25, 0.3) is 0 Å². The van der Waals surface area contributed by atoms with Gasteiger partial charge >= 0.3 is 0 Å². The van der Waals surface area contributed by atoms with Gasteiger partial charge in [-0.05, 0) is 57.4 Å². The molecule has 4 aromatic rings. The zero-order valence-electron chi connectivity index (χ0n) is 18.9. The SMILES string of the molecule is CCC(CC)n1ccc2c(C)nc3c(-c4c(OC)cc(C)cc4OC)c(C)nn3c21. The van der Waals surface area contributed by atoms with Crippen molar-refractivity contribution in [1.82, 2.24) is 19.2 Å². The molecule has 0 aliphatic carbocycles. The van der Waals surface area contributed by atoms with Crippen LogP contribution in [0.1, 0.15) is 49.7 Å². The molecule has 0 saturated heterocycles. The normalized spacial score (nSPS) is 11.7. The Morgan fingerprint density at radius 2 is 1.57 bits per heavy atom. The molecule has 0 amide bonds. The Labute approximate surface area is 177 Å². The Bertz CT molecular complexity index is 1210. The van der Waals surface area contributed by atoms with E-state index in [0.29, 0.717) is 6.04 Å². The summed E-state index contributed by atoms with van der Waals surface area (Å²) in [4.78, 5) is 4.97. The van der Waals surface area contributed by atoms with Crippen LogP contribution in [0.25, 0.3) is 27.8 Å². The first-order valence-corrected chi connectivity index (χ1v) is 10.5. The fourth-order valence-corrected chi connectivity index (χ4v) is 4.49. The van der Waals surface area contributed by atoms with Crippen molar-refractivity contribution in [2.24, 2.45) is 0 Å². The molecule has 0 fully saturated rings. The van der Waals surface area contributed by atoms with Crippen molar-refractivity contribution in [3.05, 3.63) is 41.3 Å². The van der Waals surface area contributed by atoms with Crippen LogP contribution in [-0.4, -0.2) is 33.4 Å². The van der Waals surface area contributed by atoms with Gasteiger partial charge in [-0.3, -0.25) is 0 Å². The van der Waals surface area contributed by atoms with Crippen LogP contribution >= 0.6 is 0 Å². The number of hydrogen-bond acceptors (Lipinski definition) is 4. The third-order valence-corrected chi connectivity index (χ3v) is 6.02. The highest BCUT2D eigenvalue weighted by Crippen LogP contribution is 2.43. The first-order chi connectivity index (χ1) is 14.4. The predicted octanol–water partition coefficient (Wildman–Crippen LogP) is 5.65. The predicted molar refractivity (Wildman–Crippen MR) is 121 cm³/mol. The number of fused-ring (bicyclic) bond motifs is 3. The van der Waals surface area contributed by atoms with E-state index in [1.54, 1.807) is 14.2 Å². The topological polar surface area (TPSA) is 53.6 Å². The van der Waals surface area contributed by atoms with Crippen molar-refractivity contribution in [2.75, 3.05) is 14.2 Å². The van der Waals surface area contributed by atoms with Gasteiger partial charge in [0, 0.05) is 17.6 Å². The summed E-state index contributed by atoms with van der Waals surface area (Å²) in [6.45, 7) is 10.6. The van der Waals surface area contributed by atoms with Gasteiger partial charge in [0.2, 0.25) is 0 Å². The average Bonchev–Trinajstić information content (AvgIpc) is 3.30. The number of methoxy groups -OCH3 is 2. The van der Waals surface area contributed by atoms with E-state index in [2.05, 4.69) is 37.6 Å². The van der Waals surface area contributed by atoms with E-state index in [0.717, 1.165) is 69.1 Å². The van der Waals surface area contributed by atoms with E-state index in [1.807, 2.05) is 30.5 Å². The molecule has 30 heavy (non-hydrogen) atoms. The Balaban J connectivity index is 2.13. The van der Waals surface area contributed by atoms with Crippen LogP contribution in [0.2, 0.25) is 0 Å². The number of hydrogen-bond donors (Lipinski definition) is 0. The average molecular weight is 407 g/mol. The van der Waals surface area contributed by atoms with Crippen LogP contribution < -0.4 is 9.47 Å². The molecule has 4 rings (SSSR count). The first-order valence-electron chi connectivity index (χ1n) is 10.5. The zero-order chi connectivity index (χ0) is 21.6. The highest BCUT2D eigenvalue weighted by molar-refractivity contribution is 5.91. The summed E-state index contributed by atoms with van der Waals surface area (Å²) in [5.41, 5.74) is 6.72. The van der Waals surface area contributed by atoms with Gasteiger partial charge in [0.05, 0.1) is 36.7 Å². The minimum Gasteiger partial charge on any atom is -0.496 e. The van der Waals surface area contributed by atoms with Gasteiger partial charge in [-0.25, -0.2) is 4.98 Å². The Morgan fingerprint density at radius 1 is 0.933 bits per heavy atom. The number of aryl methyl sites for hydroxylation is 3. The highest BCUT2D eigenvalue weighted by atomic mass is 16.5. The molecule has 0 spiro atoms. The zero-order valence-corrected chi connectivity index (χ0v) is 18.9. The lowest BCUT2D eigenvalue weighted by atomic mass is 10.0. The lowest BCUT2D eigenvalue weighted by Crippen LogP contribution is -2.09. The summed E-state index contributed by atoms with van der Waals surface area (Å²) < 4.78 is 15.8. The van der Waals surface area contributed by atoms with Crippen molar-refractivity contribution in [2.45, 2.75) is 53.5 Å². The molecule has 0 saturated carbocycles. The quantitative estimate of drug-likeness (QED) is 0.415. The van der Waals surface area contributed by atoms with Gasteiger partial charge < -0.3 is 14.0 Å². The van der Waals surface area contributed by atoms with Crippen LogP contribution in [0.5, 0.6) is 11.5 Å². The molecule has 0 N–H and O–H groups in total. The Morgan fingerprint density at radius 3 is 2.13 bits per heavy atom. The maximum Gasteiger partial charge on any atom is 0.166 e. The number of rotatable bonds is 6. The third-order valence-electron chi connectivity index (χ3n) is 6.02. The second kappa shape index (κ2) is 7.67. The summed E-state index contributed by atoms with van der Waals surface area (Å²) in [6.07, 6.45) is 4.30. The number of nitrogens with zero attached hydrogens (tertiary/aromatic N) is 4. The van der Waals surface area contributed by atoms with Crippen LogP contribution in [0.15, 0.2) is 24.4 Å². The lowest BCUT2D eigenvalue weighted by molar-refractivity contribution is 0.397. The maximum absolute atomic E-state index is 5.75. The molecular weight excluding hydrogens is 376 g/mol. The van der Waals surface area contributed by atoms with Gasteiger partial charge in [-0.2, -0.15) is 9.61 Å². The molecule has 0 aliphatic rings. The van der Waals surface area contributed by atoms with Gasteiger partial charge in [0.15, 0.2) is 5.65 Å². The summed E-state index contributed by atoms with van der Waals surface area (Å²) in [5, 5.41) is 6.07. The molecule has 3 aromatic heterocycles. The molecule has 0 aliphatic heterocycles. The Hall–Kier alpha value is -3.02. The monoisotopic (exact) mass is 406 g/mol. The molecule has 6 heteroatoms. The standard InChI is InChI=1S/C24H30N4O2/c1-8-17(9-2)27-11-10-18-15(4)25-23-21(16(5)26-28(23)24(18)27)22-19(29-6)12-14(3)13-20(22)30-7/h10-13,17H,8-9H2,1-7H3. The summed E-state index contributed by atoms with van der Waals surface area (Å²) in [6, 6.07) is 6.63. The molecule has 0 radical (unpaired) electrons. The fraction of sp³-hybridized carbons (Fsp3) is 0.417. The minimum absolute atomic E-state index is 0.420. The summed E-state index contributed by atoms with van der Waals surface area (Å²) in [5.74, 6) is 1.53. The van der Waals surface area contributed by atoms with Crippen LogP contribution in [0.3, 0.4) is 0 Å². The third kappa shape index (κ3) is 2.93. The second-order valence-electron chi connectivity index (χ2n) is 7.87. The minimum atomic E-state index is 0.420. The van der Waals surface area contributed by atoms with Crippen LogP contribution in [0, 0.1) is 20.8 Å². The van der Waals surface area contributed by atoms with Crippen LogP contribution in [0.4, 0.5) is 0 Å². The number of benzene rings is 1. The van der Waals surface area contributed by atoms with E-state index in [-0.39, 0.29) is 0 Å². The van der Waals surface area contributed by atoms with Gasteiger partial charge in [0.1, 0.15) is 17.1 Å². The largest absolute Gasteiger partial charge is 0.496 e. The molecule has 3 heterocycles. The maximum atomic E-state index is 5.75. The molecule has 1 aromatic carbocycles. The molecule has 0 bridgehead atoms. The summed E-state index contributed by atoms with van der Waals surface area (Å²) >= 11 is 0. The van der Waals surface area contributed by atoms with E-state index in [9.17, 15) is 0 Å². The van der Waals surface area contributed by atoms with E-state index < -0.39 is 0 Å². The smallest absolute Gasteiger partial charge is 0.166 e. The van der Waals surface area contributed by atoms with Crippen molar-refractivity contribution in [3.8, 4) is 22.6 Å². The molecule has 6 nitrogen and oxygen atoms in total. The van der Waals surface area contributed by atoms with Gasteiger partial charge in [-0.1, -0.05) is 13.8 Å². The molecule has 158 valence electrons. The van der Waals surface area contributed by atoms with Crippen molar-refractivity contribution in [3.63, 3.8) is 0 Å². The van der Waals surface area contributed by atoms with Crippen molar-refractivity contribution in [1.29, 1.82) is 0 Å². The van der Waals surface area contributed by atoms with Crippen LogP contribution in [-0.2, 0) is 0 Å². The number of ether oxygens (including phenoxy) is 2. The van der Waals surface area contributed by atoms with Crippen molar-refractivity contribution >= 4 is 16.7 Å². The van der Waals surface area contributed by atoms with Crippen molar-refractivity contribution < 1.29 is 9.47 Å². The number of aromatic nitrogens is 4.